The second kappa shape index (κ2) is 7.26. The lowest BCUT2D eigenvalue weighted by atomic mass is 10.1. The molecule has 134 valence electrons. The molecule has 0 spiro atoms. The van der Waals surface area contributed by atoms with E-state index in [0.717, 1.165) is 0 Å². The summed E-state index contributed by atoms with van der Waals surface area (Å²) in [5.74, 6) is -0.233. The average Bonchev–Trinajstić information content (AvgIpc) is 2.66. The third kappa shape index (κ3) is 3.51. The Balaban J connectivity index is 1.74. The van der Waals surface area contributed by atoms with E-state index in [2.05, 4.69) is 10.6 Å². The highest BCUT2D eigenvalue weighted by Crippen LogP contribution is 2.33. The zero-order valence-electron chi connectivity index (χ0n) is 14.5. The molecule has 1 atom stereocenters. The number of carbonyl (C=O) groups excluding carboxylic acids is 3. The van der Waals surface area contributed by atoms with E-state index in [9.17, 15) is 14.4 Å². The van der Waals surface area contributed by atoms with E-state index in [-0.39, 0.29) is 24.3 Å². The second-order valence-corrected chi connectivity index (χ2v) is 5.85. The summed E-state index contributed by atoms with van der Waals surface area (Å²) in [5, 5.41) is 5.29. The number of hydrogen-bond donors (Lipinski definition) is 2. The van der Waals surface area contributed by atoms with Gasteiger partial charge in [-0.15, -0.1) is 0 Å². The maximum Gasteiger partial charge on any atom is 0.267 e. The fraction of sp³-hybridized carbons (Fsp3) is 0.211. The highest BCUT2D eigenvalue weighted by atomic mass is 16.5. The molecule has 0 aliphatic carbocycles. The van der Waals surface area contributed by atoms with Gasteiger partial charge in [0.05, 0.1) is 12.2 Å². The zero-order chi connectivity index (χ0) is 18.7. The van der Waals surface area contributed by atoms with Gasteiger partial charge >= 0.3 is 0 Å². The van der Waals surface area contributed by atoms with E-state index in [4.69, 9.17) is 4.74 Å². The number of ether oxygens (including phenoxy) is 1. The number of fused-ring (bicyclic) bond motifs is 1. The fourth-order valence-electron chi connectivity index (χ4n) is 2.74. The first-order valence-corrected chi connectivity index (χ1v) is 8.16. The number of carbonyl (C=O) groups is 3. The molecule has 2 N–H and O–H groups in total. The van der Waals surface area contributed by atoms with Gasteiger partial charge in [0.2, 0.25) is 5.91 Å². The van der Waals surface area contributed by atoms with Crippen molar-refractivity contribution in [3.05, 3.63) is 54.1 Å². The Hall–Kier alpha value is -3.35. The number of anilines is 2. The van der Waals surface area contributed by atoms with Crippen molar-refractivity contribution in [2.45, 2.75) is 13.0 Å². The van der Waals surface area contributed by atoms with E-state index in [0.29, 0.717) is 22.7 Å². The minimum absolute atomic E-state index is 0.133. The van der Waals surface area contributed by atoms with Crippen molar-refractivity contribution in [3.63, 3.8) is 0 Å². The molecule has 1 heterocycles. The van der Waals surface area contributed by atoms with Crippen LogP contribution in [0.15, 0.2) is 48.5 Å². The van der Waals surface area contributed by atoms with Gasteiger partial charge in [-0.25, -0.2) is 0 Å². The summed E-state index contributed by atoms with van der Waals surface area (Å²) >= 11 is 0. The molecule has 0 radical (unpaired) electrons. The molecule has 0 unspecified atom stereocenters. The summed E-state index contributed by atoms with van der Waals surface area (Å²) < 4.78 is 5.76. The predicted molar refractivity (Wildman–Crippen MR) is 97.3 cm³/mol. The van der Waals surface area contributed by atoms with Crippen molar-refractivity contribution in [2.75, 3.05) is 23.8 Å². The molecule has 2 aromatic carbocycles. The summed E-state index contributed by atoms with van der Waals surface area (Å²) in [7, 11) is 1.55. The number of nitrogens with one attached hydrogen (secondary N) is 2. The van der Waals surface area contributed by atoms with Crippen LogP contribution in [0.3, 0.4) is 0 Å². The summed E-state index contributed by atoms with van der Waals surface area (Å²) in [6.07, 6.45) is -0.826. The Kier molecular flexibility index (Phi) is 4.88. The largest absolute Gasteiger partial charge is 0.476 e. The van der Waals surface area contributed by atoms with Crippen molar-refractivity contribution in [3.8, 4) is 5.75 Å². The highest BCUT2D eigenvalue weighted by molar-refractivity contribution is 6.00. The lowest BCUT2D eigenvalue weighted by Crippen LogP contribution is -2.48. The van der Waals surface area contributed by atoms with Gasteiger partial charge in [-0.3, -0.25) is 14.4 Å². The van der Waals surface area contributed by atoms with Crippen LogP contribution in [0.25, 0.3) is 0 Å². The first-order chi connectivity index (χ1) is 12.5. The molecule has 7 heteroatoms. The maximum absolute atomic E-state index is 12.6. The van der Waals surface area contributed by atoms with Gasteiger partial charge in [-0.1, -0.05) is 12.1 Å². The van der Waals surface area contributed by atoms with E-state index in [1.54, 1.807) is 49.5 Å². The summed E-state index contributed by atoms with van der Waals surface area (Å²) in [6, 6.07) is 13.6. The molecule has 0 fully saturated rings. The van der Waals surface area contributed by atoms with Crippen molar-refractivity contribution >= 4 is 29.1 Å². The molecular weight excluding hydrogens is 334 g/mol. The van der Waals surface area contributed by atoms with Crippen LogP contribution in [0.2, 0.25) is 0 Å². The summed E-state index contributed by atoms with van der Waals surface area (Å²) in [6.45, 7) is 1.59. The molecule has 0 saturated heterocycles. The summed E-state index contributed by atoms with van der Waals surface area (Å²) in [4.78, 5) is 37.6. The number of rotatable bonds is 3. The minimum Gasteiger partial charge on any atom is -0.476 e. The van der Waals surface area contributed by atoms with E-state index in [1.165, 1.54) is 11.8 Å². The van der Waals surface area contributed by atoms with Crippen molar-refractivity contribution < 1.29 is 19.1 Å². The SMILES string of the molecule is CNC(=O)c1ccc(NC(=O)[C@@H]2CN(C(C)=O)c3ccccc3O2)cc1. The van der Waals surface area contributed by atoms with Crippen molar-refractivity contribution in [1.29, 1.82) is 0 Å². The van der Waals surface area contributed by atoms with Gasteiger partial charge < -0.3 is 20.3 Å². The quantitative estimate of drug-likeness (QED) is 0.881. The van der Waals surface area contributed by atoms with Crippen LogP contribution in [-0.4, -0.2) is 37.4 Å². The molecular formula is C19H19N3O4. The smallest absolute Gasteiger partial charge is 0.267 e. The fourth-order valence-corrected chi connectivity index (χ4v) is 2.74. The Bertz CT molecular complexity index is 848. The van der Waals surface area contributed by atoms with Crippen LogP contribution >= 0.6 is 0 Å². The molecule has 0 saturated carbocycles. The Morgan fingerprint density at radius 2 is 1.77 bits per heavy atom. The Morgan fingerprint density at radius 1 is 1.08 bits per heavy atom. The number of para-hydroxylation sites is 2. The van der Waals surface area contributed by atoms with Crippen molar-refractivity contribution in [1.82, 2.24) is 5.32 Å². The molecule has 1 aliphatic heterocycles. The maximum atomic E-state index is 12.6. The standard InChI is InChI=1S/C19H19N3O4/c1-12(23)22-11-17(26-16-6-4-3-5-15(16)22)19(25)21-14-9-7-13(8-10-14)18(24)20-2/h3-10,17H,11H2,1-2H3,(H,20,24)(H,21,25)/t17-/m0/s1. The molecule has 2 aromatic rings. The van der Waals surface area contributed by atoms with E-state index < -0.39 is 6.10 Å². The minimum atomic E-state index is -0.826. The van der Waals surface area contributed by atoms with Crippen LogP contribution in [-0.2, 0) is 9.59 Å². The lowest BCUT2D eigenvalue weighted by Gasteiger charge is -2.33. The molecule has 7 nitrogen and oxygen atoms in total. The van der Waals surface area contributed by atoms with Crippen LogP contribution in [0.1, 0.15) is 17.3 Å². The highest BCUT2D eigenvalue weighted by Gasteiger charge is 2.32. The van der Waals surface area contributed by atoms with Gasteiger partial charge in [0.15, 0.2) is 6.10 Å². The summed E-state index contributed by atoms with van der Waals surface area (Å²) in [5.41, 5.74) is 1.69. The van der Waals surface area contributed by atoms with Gasteiger partial charge in [-0.2, -0.15) is 0 Å². The van der Waals surface area contributed by atoms with Gasteiger partial charge in [0, 0.05) is 25.2 Å². The van der Waals surface area contributed by atoms with Gasteiger partial charge in [0.1, 0.15) is 5.75 Å². The Morgan fingerprint density at radius 3 is 2.42 bits per heavy atom. The average molecular weight is 353 g/mol. The predicted octanol–water partition coefficient (Wildman–Crippen LogP) is 1.80. The van der Waals surface area contributed by atoms with E-state index in [1.807, 2.05) is 6.07 Å². The van der Waals surface area contributed by atoms with E-state index >= 15 is 0 Å². The molecule has 3 amide bonds. The first kappa shape index (κ1) is 17.5. The molecule has 3 rings (SSSR count). The first-order valence-electron chi connectivity index (χ1n) is 8.16. The normalized spacial score (nSPS) is 15.5. The topological polar surface area (TPSA) is 87.7 Å². The molecule has 26 heavy (non-hydrogen) atoms. The van der Waals surface area contributed by atoms with Crippen LogP contribution < -0.4 is 20.3 Å². The van der Waals surface area contributed by atoms with Gasteiger partial charge in [0.25, 0.3) is 11.8 Å². The number of hydrogen-bond acceptors (Lipinski definition) is 4. The number of benzene rings is 2. The molecule has 1 aliphatic rings. The van der Waals surface area contributed by atoms with Crippen molar-refractivity contribution in [2.24, 2.45) is 0 Å². The number of amides is 3. The third-order valence-electron chi connectivity index (χ3n) is 4.09. The molecule has 0 aromatic heterocycles. The monoisotopic (exact) mass is 353 g/mol. The zero-order valence-corrected chi connectivity index (χ0v) is 14.5. The van der Waals surface area contributed by atoms with Gasteiger partial charge in [-0.05, 0) is 36.4 Å². The second-order valence-electron chi connectivity index (χ2n) is 5.85. The number of nitrogens with zero attached hydrogens (tertiary/aromatic N) is 1. The molecule has 0 bridgehead atoms. The van der Waals surface area contributed by atoms with Crippen LogP contribution in [0, 0.1) is 0 Å². The lowest BCUT2D eigenvalue weighted by molar-refractivity contribution is -0.123. The van der Waals surface area contributed by atoms with Crippen LogP contribution in [0.5, 0.6) is 5.75 Å². The van der Waals surface area contributed by atoms with Crippen LogP contribution in [0.4, 0.5) is 11.4 Å². The third-order valence-corrected chi connectivity index (χ3v) is 4.09. The Labute approximate surface area is 150 Å².